The Morgan fingerprint density at radius 3 is 1.94 bits per heavy atom. The maximum atomic E-state index is 3.69. The van der Waals surface area contributed by atoms with Crippen molar-refractivity contribution in [2.45, 2.75) is 27.7 Å². The smallest absolute Gasteiger partial charge is 0.0252 e. The van der Waals surface area contributed by atoms with Crippen molar-refractivity contribution in [2.75, 3.05) is 12.3 Å². The van der Waals surface area contributed by atoms with E-state index < -0.39 is 0 Å². The van der Waals surface area contributed by atoms with Gasteiger partial charge in [0, 0.05) is 4.47 Å². The fourth-order valence-corrected chi connectivity index (χ4v) is 5.88. The molecule has 0 unspecified atom stereocenters. The summed E-state index contributed by atoms with van der Waals surface area (Å²) < 4.78 is 1.29. The molecule has 0 bridgehead atoms. The van der Waals surface area contributed by atoms with E-state index in [4.69, 9.17) is 0 Å². The van der Waals surface area contributed by atoms with Gasteiger partial charge in [0.2, 0.25) is 0 Å². The SMILES string of the molecule is CC(C)CP(CC(C)C)c1ccccc1Br. The Labute approximate surface area is 110 Å². The first-order valence-electron chi connectivity index (χ1n) is 6.00. The summed E-state index contributed by atoms with van der Waals surface area (Å²) in [6.45, 7) is 9.30. The zero-order valence-electron chi connectivity index (χ0n) is 10.7. The first-order valence-corrected chi connectivity index (χ1v) is 8.50. The first kappa shape index (κ1) is 14.2. The molecule has 0 nitrogen and oxygen atoms in total. The lowest BCUT2D eigenvalue weighted by atomic mass is 10.3. The standard InChI is InChI=1S/C14H22BrP/c1-11(2)9-16(10-12(3)4)14-8-6-5-7-13(14)15/h5-8,11-12H,9-10H2,1-4H3. The van der Waals surface area contributed by atoms with Crippen molar-refractivity contribution in [3.05, 3.63) is 28.7 Å². The third-order valence-corrected chi connectivity index (χ3v) is 6.78. The molecule has 0 fully saturated rings. The third-order valence-electron chi connectivity index (χ3n) is 2.36. The van der Waals surface area contributed by atoms with Crippen LogP contribution in [0.15, 0.2) is 28.7 Å². The van der Waals surface area contributed by atoms with Crippen molar-refractivity contribution in [3.63, 3.8) is 0 Å². The minimum Gasteiger partial charge on any atom is -0.0736 e. The minimum atomic E-state index is -0.00238. The Morgan fingerprint density at radius 2 is 1.50 bits per heavy atom. The lowest BCUT2D eigenvalue weighted by Gasteiger charge is -2.23. The van der Waals surface area contributed by atoms with Gasteiger partial charge in [-0.1, -0.05) is 69.7 Å². The van der Waals surface area contributed by atoms with Crippen LogP contribution in [-0.2, 0) is 0 Å². The average molecular weight is 301 g/mol. The van der Waals surface area contributed by atoms with Crippen molar-refractivity contribution in [1.82, 2.24) is 0 Å². The molecule has 0 saturated heterocycles. The van der Waals surface area contributed by atoms with Gasteiger partial charge in [-0.25, -0.2) is 0 Å². The molecule has 0 N–H and O–H groups in total. The van der Waals surface area contributed by atoms with Gasteiger partial charge in [-0.15, -0.1) is 0 Å². The molecule has 90 valence electrons. The topological polar surface area (TPSA) is 0 Å². The summed E-state index contributed by atoms with van der Waals surface area (Å²) in [5.74, 6) is 1.58. The highest BCUT2D eigenvalue weighted by Gasteiger charge is 2.16. The van der Waals surface area contributed by atoms with Gasteiger partial charge >= 0.3 is 0 Å². The van der Waals surface area contributed by atoms with Crippen molar-refractivity contribution < 1.29 is 0 Å². The van der Waals surface area contributed by atoms with Crippen LogP contribution in [0.5, 0.6) is 0 Å². The molecule has 0 atom stereocenters. The fourth-order valence-electron chi connectivity index (χ4n) is 1.86. The highest BCUT2D eigenvalue weighted by Crippen LogP contribution is 2.40. The van der Waals surface area contributed by atoms with E-state index in [1.165, 1.54) is 16.8 Å². The third kappa shape index (κ3) is 4.55. The summed E-state index contributed by atoms with van der Waals surface area (Å²) in [7, 11) is -0.00238. The van der Waals surface area contributed by atoms with Crippen LogP contribution in [0.2, 0.25) is 0 Å². The number of hydrogen-bond donors (Lipinski definition) is 0. The van der Waals surface area contributed by atoms with Crippen LogP contribution in [0.4, 0.5) is 0 Å². The van der Waals surface area contributed by atoms with E-state index in [1.54, 1.807) is 5.30 Å². The summed E-state index contributed by atoms with van der Waals surface area (Å²) in [5.41, 5.74) is 0. The van der Waals surface area contributed by atoms with E-state index in [0.29, 0.717) is 0 Å². The largest absolute Gasteiger partial charge is 0.0736 e. The molecule has 1 aromatic carbocycles. The molecule has 0 spiro atoms. The molecule has 1 aromatic rings. The van der Waals surface area contributed by atoms with Crippen molar-refractivity contribution in [3.8, 4) is 0 Å². The number of benzene rings is 1. The molecule has 16 heavy (non-hydrogen) atoms. The molecule has 0 aliphatic rings. The van der Waals surface area contributed by atoms with Gasteiger partial charge < -0.3 is 0 Å². The second-order valence-electron chi connectivity index (χ2n) is 5.14. The average Bonchev–Trinajstić information content (AvgIpc) is 2.15. The first-order chi connectivity index (χ1) is 7.50. The van der Waals surface area contributed by atoms with E-state index in [9.17, 15) is 0 Å². The number of halogens is 1. The van der Waals surface area contributed by atoms with Crippen molar-refractivity contribution in [1.29, 1.82) is 0 Å². The number of hydrogen-bond acceptors (Lipinski definition) is 0. The quantitative estimate of drug-likeness (QED) is 0.681. The second-order valence-corrected chi connectivity index (χ2v) is 8.29. The predicted molar refractivity (Wildman–Crippen MR) is 80.1 cm³/mol. The van der Waals surface area contributed by atoms with E-state index >= 15 is 0 Å². The van der Waals surface area contributed by atoms with Crippen LogP contribution in [0, 0.1) is 11.8 Å². The van der Waals surface area contributed by atoms with Crippen LogP contribution in [0.1, 0.15) is 27.7 Å². The zero-order valence-corrected chi connectivity index (χ0v) is 13.2. The molecular weight excluding hydrogens is 279 g/mol. The van der Waals surface area contributed by atoms with Crippen LogP contribution >= 0.6 is 23.9 Å². The van der Waals surface area contributed by atoms with Gasteiger partial charge in [-0.05, 0) is 35.5 Å². The van der Waals surface area contributed by atoms with Gasteiger partial charge in [0.05, 0.1) is 0 Å². The summed E-state index contributed by atoms with van der Waals surface area (Å²) in [6.07, 6.45) is 2.69. The van der Waals surface area contributed by atoms with Crippen LogP contribution in [-0.4, -0.2) is 12.3 Å². The normalized spacial score (nSPS) is 11.8. The summed E-state index contributed by atoms with van der Waals surface area (Å²) in [4.78, 5) is 0. The van der Waals surface area contributed by atoms with E-state index in [0.717, 1.165) is 11.8 Å². The Morgan fingerprint density at radius 1 is 1.00 bits per heavy atom. The molecule has 2 heteroatoms. The monoisotopic (exact) mass is 300 g/mol. The van der Waals surface area contributed by atoms with Gasteiger partial charge in [0.25, 0.3) is 0 Å². The maximum Gasteiger partial charge on any atom is 0.0252 e. The Balaban J connectivity index is 2.87. The highest BCUT2D eigenvalue weighted by molar-refractivity contribution is 9.10. The molecule has 0 amide bonds. The molecule has 0 aliphatic heterocycles. The molecule has 0 radical (unpaired) electrons. The summed E-state index contributed by atoms with van der Waals surface area (Å²) >= 11 is 3.69. The fraction of sp³-hybridized carbons (Fsp3) is 0.571. The van der Waals surface area contributed by atoms with Crippen LogP contribution in [0.3, 0.4) is 0 Å². The lowest BCUT2D eigenvalue weighted by molar-refractivity contribution is 0.721. The van der Waals surface area contributed by atoms with Crippen molar-refractivity contribution in [2.24, 2.45) is 11.8 Å². The number of rotatable bonds is 5. The summed E-state index contributed by atoms with van der Waals surface area (Å²) in [5, 5.41) is 1.54. The molecule has 0 aromatic heterocycles. The van der Waals surface area contributed by atoms with Gasteiger partial charge in [-0.2, -0.15) is 0 Å². The van der Waals surface area contributed by atoms with Gasteiger partial charge in [-0.3, -0.25) is 0 Å². The molecular formula is C14H22BrP. The molecule has 1 rings (SSSR count). The zero-order chi connectivity index (χ0) is 12.1. The molecule has 0 aliphatic carbocycles. The molecule has 0 heterocycles. The Kier molecular flexibility index (Phi) is 6.00. The summed E-state index contributed by atoms with van der Waals surface area (Å²) in [6, 6.07) is 8.73. The maximum absolute atomic E-state index is 3.69. The Hall–Kier alpha value is 0.130. The van der Waals surface area contributed by atoms with E-state index in [1.807, 2.05) is 0 Å². The van der Waals surface area contributed by atoms with Gasteiger partial charge in [0.15, 0.2) is 0 Å². The van der Waals surface area contributed by atoms with E-state index in [-0.39, 0.29) is 7.92 Å². The van der Waals surface area contributed by atoms with Crippen LogP contribution < -0.4 is 5.30 Å². The van der Waals surface area contributed by atoms with Crippen molar-refractivity contribution >= 4 is 29.2 Å². The second kappa shape index (κ2) is 6.77. The lowest BCUT2D eigenvalue weighted by Crippen LogP contribution is -2.13. The van der Waals surface area contributed by atoms with E-state index in [2.05, 4.69) is 67.9 Å². The Bertz CT molecular complexity index is 310. The van der Waals surface area contributed by atoms with Gasteiger partial charge in [0.1, 0.15) is 0 Å². The molecule has 0 saturated carbocycles. The minimum absolute atomic E-state index is 0.00238. The highest BCUT2D eigenvalue weighted by atomic mass is 79.9. The van der Waals surface area contributed by atoms with Crippen LogP contribution in [0.25, 0.3) is 0 Å². The predicted octanol–water partition coefficient (Wildman–Crippen LogP) is 4.87.